The van der Waals surface area contributed by atoms with Gasteiger partial charge in [0.15, 0.2) is 0 Å². The van der Waals surface area contributed by atoms with Crippen LogP contribution in [0.25, 0.3) is 0 Å². The number of benzene rings is 1. The lowest BCUT2D eigenvalue weighted by Crippen LogP contribution is -2.29. The standard InChI is InChI=1S/C20H31NO/c1-4-6-8-16-19(12-5-2)20(22)21(3)17-11-15-18-13-9-7-10-14-18/h7,9-10,12-14H,4-6,8,11,15-17H2,1-3H3/b19-12-. The van der Waals surface area contributed by atoms with Gasteiger partial charge in [-0.2, -0.15) is 0 Å². The number of likely N-dealkylation sites (N-methyl/N-ethyl adjacent to an activating group) is 1. The van der Waals surface area contributed by atoms with Crippen molar-refractivity contribution < 1.29 is 4.79 Å². The topological polar surface area (TPSA) is 20.3 Å². The van der Waals surface area contributed by atoms with Crippen molar-refractivity contribution in [3.8, 4) is 0 Å². The molecule has 2 heteroatoms. The molecule has 0 saturated carbocycles. The van der Waals surface area contributed by atoms with E-state index in [4.69, 9.17) is 0 Å². The van der Waals surface area contributed by atoms with Gasteiger partial charge in [0.05, 0.1) is 0 Å². The van der Waals surface area contributed by atoms with Crippen LogP contribution >= 0.6 is 0 Å². The molecule has 0 bridgehead atoms. The van der Waals surface area contributed by atoms with Crippen molar-refractivity contribution in [2.45, 2.75) is 58.8 Å². The van der Waals surface area contributed by atoms with Crippen LogP contribution in [0.4, 0.5) is 0 Å². The Kier molecular flexibility index (Phi) is 9.29. The van der Waals surface area contributed by atoms with Gasteiger partial charge >= 0.3 is 0 Å². The van der Waals surface area contributed by atoms with E-state index in [2.05, 4.69) is 44.2 Å². The number of amides is 1. The molecule has 2 nitrogen and oxygen atoms in total. The highest BCUT2D eigenvalue weighted by Gasteiger charge is 2.13. The number of nitrogens with zero attached hydrogens (tertiary/aromatic N) is 1. The first kappa shape index (κ1) is 18.5. The minimum absolute atomic E-state index is 0.214. The SMILES string of the molecule is CC/C=C(/CCCCC)C(=O)N(C)CCCc1ccccc1. The zero-order chi connectivity index (χ0) is 16.2. The van der Waals surface area contributed by atoms with Crippen LogP contribution < -0.4 is 0 Å². The smallest absolute Gasteiger partial charge is 0.249 e. The Morgan fingerprint density at radius 1 is 1.09 bits per heavy atom. The average molecular weight is 301 g/mol. The maximum Gasteiger partial charge on any atom is 0.249 e. The van der Waals surface area contributed by atoms with E-state index in [-0.39, 0.29) is 5.91 Å². The molecule has 1 amide bonds. The molecule has 22 heavy (non-hydrogen) atoms. The Bertz CT molecular complexity index is 450. The summed E-state index contributed by atoms with van der Waals surface area (Å²) in [6.07, 6.45) is 9.51. The fourth-order valence-corrected chi connectivity index (χ4v) is 2.62. The first-order chi connectivity index (χ1) is 10.7. The van der Waals surface area contributed by atoms with Gasteiger partial charge in [0.25, 0.3) is 0 Å². The van der Waals surface area contributed by atoms with Crippen LogP contribution in [-0.4, -0.2) is 24.4 Å². The molecular weight excluding hydrogens is 270 g/mol. The van der Waals surface area contributed by atoms with Gasteiger partial charge in [-0.25, -0.2) is 0 Å². The van der Waals surface area contributed by atoms with Gasteiger partial charge in [-0.15, -0.1) is 0 Å². The highest BCUT2D eigenvalue weighted by molar-refractivity contribution is 5.93. The molecule has 1 rings (SSSR count). The quantitative estimate of drug-likeness (QED) is 0.440. The van der Waals surface area contributed by atoms with Crippen LogP contribution in [0.1, 0.15) is 57.9 Å². The van der Waals surface area contributed by atoms with Crippen LogP contribution in [-0.2, 0) is 11.2 Å². The van der Waals surface area contributed by atoms with Crippen molar-refractivity contribution in [2.75, 3.05) is 13.6 Å². The van der Waals surface area contributed by atoms with Crippen molar-refractivity contribution in [2.24, 2.45) is 0 Å². The van der Waals surface area contributed by atoms with E-state index < -0.39 is 0 Å². The molecule has 0 atom stereocenters. The van der Waals surface area contributed by atoms with E-state index in [0.717, 1.165) is 44.2 Å². The molecule has 0 aromatic heterocycles. The molecule has 0 aliphatic rings. The number of hydrogen-bond donors (Lipinski definition) is 0. The van der Waals surface area contributed by atoms with Gasteiger partial charge in [0.1, 0.15) is 0 Å². The first-order valence-electron chi connectivity index (χ1n) is 8.67. The minimum atomic E-state index is 0.214. The number of rotatable bonds is 10. The van der Waals surface area contributed by atoms with Crippen molar-refractivity contribution >= 4 is 5.91 Å². The predicted molar refractivity (Wildman–Crippen MR) is 94.9 cm³/mol. The molecule has 0 aliphatic heterocycles. The molecule has 0 N–H and O–H groups in total. The molecule has 0 saturated heterocycles. The third kappa shape index (κ3) is 6.93. The average Bonchev–Trinajstić information content (AvgIpc) is 2.54. The van der Waals surface area contributed by atoms with Gasteiger partial charge in [0, 0.05) is 19.2 Å². The van der Waals surface area contributed by atoms with Crippen LogP contribution in [0.2, 0.25) is 0 Å². The summed E-state index contributed by atoms with van der Waals surface area (Å²) in [6, 6.07) is 10.5. The van der Waals surface area contributed by atoms with E-state index in [1.165, 1.54) is 18.4 Å². The fraction of sp³-hybridized carbons (Fsp3) is 0.550. The molecule has 0 aliphatic carbocycles. The number of carbonyl (C=O) groups excluding carboxylic acids is 1. The summed E-state index contributed by atoms with van der Waals surface area (Å²) in [6.45, 7) is 5.12. The molecule has 0 heterocycles. The third-order valence-corrected chi connectivity index (χ3v) is 3.92. The van der Waals surface area contributed by atoms with Crippen molar-refractivity contribution in [1.82, 2.24) is 4.90 Å². The number of aryl methyl sites for hydroxylation is 1. The summed E-state index contributed by atoms with van der Waals surface area (Å²) in [4.78, 5) is 14.4. The molecular formula is C20H31NO. The second kappa shape index (κ2) is 11.1. The molecule has 122 valence electrons. The van der Waals surface area contributed by atoms with Gasteiger partial charge < -0.3 is 4.90 Å². The lowest BCUT2D eigenvalue weighted by atomic mass is 10.0. The van der Waals surface area contributed by atoms with E-state index in [9.17, 15) is 4.79 Å². The summed E-state index contributed by atoms with van der Waals surface area (Å²) in [5.41, 5.74) is 2.34. The monoisotopic (exact) mass is 301 g/mol. The number of allylic oxidation sites excluding steroid dienone is 1. The molecule has 1 aromatic carbocycles. The summed E-state index contributed by atoms with van der Waals surface area (Å²) in [5, 5.41) is 0. The minimum Gasteiger partial charge on any atom is -0.342 e. The van der Waals surface area contributed by atoms with Crippen LogP contribution in [0.15, 0.2) is 42.0 Å². The van der Waals surface area contributed by atoms with Crippen molar-refractivity contribution in [3.63, 3.8) is 0 Å². The molecule has 1 aromatic rings. The molecule has 0 radical (unpaired) electrons. The van der Waals surface area contributed by atoms with Gasteiger partial charge in [-0.05, 0) is 37.7 Å². The van der Waals surface area contributed by atoms with Gasteiger partial charge in [0.2, 0.25) is 5.91 Å². The summed E-state index contributed by atoms with van der Waals surface area (Å²) >= 11 is 0. The van der Waals surface area contributed by atoms with Crippen molar-refractivity contribution in [1.29, 1.82) is 0 Å². The Morgan fingerprint density at radius 2 is 1.82 bits per heavy atom. The zero-order valence-corrected chi connectivity index (χ0v) is 14.5. The fourth-order valence-electron chi connectivity index (χ4n) is 2.62. The summed E-state index contributed by atoms with van der Waals surface area (Å²) < 4.78 is 0. The van der Waals surface area contributed by atoms with E-state index in [1.807, 2.05) is 18.0 Å². The molecule has 0 fully saturated rings. The van der Waals surface area contributed by atoms with Crippen molar-refractivity contribution in [3.05, 3.63) is 47.5 Å². The summed E-state index contributed by atoms with van der Waals surface area (Å²) in [7, 11) is 1.93. The normalized spacial score (nSPS) is 11.5. The van der Waals surface area contributed by atoms with E-state index in [1.54, 1.807) is 0 Å². The Morgan fingerprint density at radius 3 is 2.45 bits per heavy atom. The molecule has 0 spiro atoms. The first-order valence-corrected chi connectivity index (χ1v) is 8.67. The Labute approximate surface area is 136 Å². The Hall–Kier alpha value is -1.57. The maximum atomic E-state index is 12.5. The van der Waals surface area contributed by atoms with Crippen LogP contribution in [0.5, 0.6) is 0 Å². The van der Waals surface area contributed by atoms with Crippen LogP contribution in [0.3, 0.4) is 0 Å². The second-order valence-electron chi connectivity index (χ2n) is 5.91. The second-order valence-corrected chi connectivity index (χ2v) is 5.91. The van der Waals surface area contributed by atoms with E-state index >= 15 is 0 Å². The Balaban J connectivity index is 2.42. The highest BCUT2D eigenvalue weighted by atomic mass is 16.2. The molecule has 0 unspecified atom stereocenters. The number of unbranched alkanes of at least 4 members (excludes halogenated alkanes) is 2. The lowest BCUT2D eigenvalue weighted by Gasteiger charge is -2.19. The number of hydrogen-bond acceptors (Lipinski definition) is 1. The highest BCUT2D eigenvalue weighted by Crippen LogP contribution is 2.13. The predicted octanol–water partition coefficient (Wildman–Crippen LogP) is 4.99. The maximum absolute atomic E-state index is 12.5. The third-order valence-electron chi connectivity index (χ3n) is 3.92. The zero-order valence-electron chi connectivity index (χ0n) is 14.5. The van der Waals surface area contributed by atoms with Gasteiger partial charge in [-0.1, -0.05) is 63.1 Å². The summed E-state index contributed by atoms with van der Waals surface area (Å²) in [5.74, 6) is 0.214. The largest absolute Gasteiger partial charge is 0.342 e. The van der Waals surface area contributed by atoms with E-state index in [0.29, 0.717) is 0 Å². The van der Waals surface area contributed by atoms with Crippen LogP contribution in [0, 0.1) is 0 Å². The lowest BCUT2D eigenvalue weighted by molar-refractivity contribution is -0.126. The number of carbonyl (C=O) groups is 1. The van der Waals surface area contributed by atoms with Gasteiger partial charge in [-0.3, -0.25) is 4.79 Å².